The van der Waals surface area contributed by atoms with Crippen molar-refractivity contribution < 1.29 is 4.79 Å². The van der Waals surface area contributed by atoms with Crippen LogP contribution in [-0.4, -0.2) is 12.5 Å². The Morgan fingerprint density at radius 1 is 1.50 bits per heavy atom. The molecule has 1 rings (SSSR count). The molecule has 0 radical (unpaired) electrons. The standard InChI is InChI=1S/C13H22N2O/c1-10(12(2,3)4)8-15-11(16)13(9-14)6-5-7-13/h10H,5-8H2,1-4H3,(H,15,16). The molecule has 0 aliphatic heterocycles. The van der Waals surface area contributed by atoms with Gasteiger partial charge in [-0.1, -0.05) is 27.7 Å². The van der Waals surface area contributed by atoms with Crippen molar-refractivity contribution in [2.75, 3.05) is 6.54 Å². The quantitative estimate of drug-likeness (QED) is 0.797. The Labute approximate surface area is 98.2 Å². The third-order valence-electron chi connectivity index (χ3n) is 3.90. The summed E-state index contributed by atoms with van der Waals surface area (Å²) in [7, 11) is 0. The number of rotatable bonds is 3. The monoisotopic (exact) mass is 222 g/mol. The number of carbonyl (C=O) groups is 1. The molecule has 0 aromatic rings. The molecule has 16 heavy (non-hydrogen) atoms. The largest absolute Gasteiger partial charge is 0.354 e. The van der Waals surface area contributed by atoms with Crippen LogP contribution in [0.5, 0.6) is 0 Å². The second kappa shape index (κ2) is 4.45. The van der Waals surface area contributed by atoms with Crippen LogP contribution in [0, 0.1) is 28.1 Å². The molecule has 1 N–H and O–H groups in total. The SMILES string of the molecule is CC(CNC(=O)C1(C#N)CCC1)C(C)(C)C. The van der Waals surface area contributed by atoms with Crippen LogP contribution in [0.3, 0.4) is 0 Å². The lowest BCUT2D eigenvalue weighted by Crippen LogP contribution is -2.46. The van der Waals surface area contributed by atoms with Crippen molar-refractivity contribution in [2.45, 2.75) is 47.0 Å². The molecule has 1 fully saturated rings. The van der Waals surface area contributed by atoms with Crippen LogP contribution in [0.2, 0.25) is 0 Å². The zero-order valence-corrected chi connectivity index (χ0v) is 10.8. The summed E-state index contributed by atoms with van der Waals surface area (Å²) < 4.78 is 0. The molecular weight excluding hydrogens is 200 g/mol. The first-order chi connectivity index (χ1) is 7.32. The molecule has 0 aromatic heterocycles. The van der Waals surface area contributed by atoms with E-state index in [2.05, 4.69) is 39.1 Å². The van der Waals surface area contributed by atoms with E-state index in [1.165, 1.54) is 0 Å². The van der Waals surface area contributed by atoms with E-state index in [0.717, 1.165) is 19.3 Å². The van der Waals surface area contributed by atoms with Crippen LogP contribution < -0.4 is 5.32 Å². The molecule has 1 aliphatic carbocycles. The van der Waals surface area contributed by atoms with Gasteiger partial charge < -0.3 is 5.32 Å². The number of carbonyl (C=O) groups excluding carboxylic acids is 1. The third-order valence-corrected chi connectivity index (χ3v) is 3.90. The zero-order chi connectivity index (χ0) is 12.4. The molecule has 0 saturated heterocycles. The van der Waals surface area contributed by atoms with E-state index in [1.807, 2.05) is 0 Å². The van der Waals surface area contributed by atoms with Gasteiger partial charge in [0.1, 0.15) is 5.41 Å². The maximum absolute atomic E-state index is 11.9. The van der Waals surface area contributed by atoms with E-state index >= 15 is 0 Å². The highest BCUT2D eigenvalue weighted by Crippen LogP contribution is 2.40. The number of nitriles is 1. The van der Waals surface area contributed by atoms with Crippen molar-refractivity contribution in [3.05, 3.63) is 0 Å². The Morgan fingerprint density at radius 2 is 2.06 bits per heavy atom. The average Bonchev–Trinajstić information content (AvgIpc) is 2.11. The minimum absolute atomic E-state index is 0.0719. The maximum Gasteiger partial charge on any atom is 0.240 e. The fraction of sp³-hybridized carbons (Fsp3) is 0.846. The van der Waals surface area contributed by atoms with Crippen molar-refractivity contribution in [1.29, 1.82) is 5.26 Å². The molecule has 1 atom stereocenters. The zero-order valence-electron chi connectivity index (χ0n) is 10.8. The molecule has 1 saturated carbocycles. The van der Waals surface area contributed by atoms with Gasteiger partial charge in [-0.3, -0.25) is 4.79 Å². The van der Waals surface area contributed by atoms with Crippen molar-refractivity contribution >= 4 is 5.91 Å². The highest BCUT2D eigenvalue weighted by molar-refractivity contribution is 5.86. The summed E-state index contributed by atoms with van der Waals surface area (Å²) in [5.74, 6) is 0.338. The van der Waals surface area contributed by atoms with Gasteiger partial charge in [0.25, 0.3) is 0 Å². The highest BCUT2D eigenvalue weighted by atomic mass is 16.2. The molecule has 0 spiro atoms. The van der Waals surface area contributed by atoms with Crippen molar-refractivity contribution in [3.8, 4) is 6.07 Å². The van der Waals surface area contributed by atoms with E-state index in [-0.39, 0.29) is 11.3 Å². The van der Waals surface area contributed by atoms with Gasteiger partial charge in [0.05, 0.1) is 6.07 Å². The van der Waals surface area contributed by atoms with Crippen molar-refractivity contribution in [2.24, 2.45) is 16.7 Å². The van der Waals surface area contributed by atoms with Gasteiger partial charge >= 0.3 is 0 Å². The number of nitrogens with one attached hydrogen (secondary N) is 1. The Kier molecular flexibility index (Phi) is 3.62. The van der Waals surface area contributed by atoms with Crippen LogP contribution in [0.25, 0.3) is 0 Å². The summed E-state index contributed by atoms with van der Waals surface area (Å²) >= 11 is 0. The molecule has 1 amide bonds. The summed E-state index contributed by atoms with van der Waals surface area (Å²) in [6.07, 6.45) is 2.44. The highest BCUT2D eigenvalue weighted by Gasteiger charge is 2.44. The number of amides is 1. The predicted molar refractivity (Wildman–Crippen MR) is 63.5 cm³/mol. The molecule has 1 aliphatic rings. The molecule has 90 valence electrons. The Morgan fingerprint density at radius 3 is 2.38 bits per heavy atom. The van der Waals surface area contributed by atoms with Crippen molar-refractivity contribution in [1.82, 2.24) is 5.32 Å². The lowest BCUT2D eigenvalue weighted by molar-refractivity contribution is -0.132. The Bertz CT molecular complexity index is 305. The average molecular weight is 222 g/mol. The second-order valence-corrected chi connectivity index (χ2v) is 6.02. The topological polar surface area (TPSA) is 52.9 Å². The van der Waals surface area contributed by atoms with Gasteiger partial charge in [0.2, 0.25) is 5.91 Å². The minimum atomic E-state index is -0.711. The fourth-order valence-corrected chi connectivity index (χ4v) is 1.64. The molecule has 3 heteroatoms. The van der Waals surface area contributed by atoms with Gasteiger partial charge in [-0.05, 0) is 30.6 Å². The van der Waals surface area contributed by atoms with Crippen LogP contribution in [0.1, 0.15) is 47.0 Å². The number of hydrogen-bond acceptors (Lipinski definition) is 2. The molecule has 0 aromatic carbocycles. The predicted octanol–water partition coefficient (Wildman–Crippen LogP) is 2.48. The van der Waals surface area contributed by atoms with Gasteiger partial charge in [0, 0.05) is 6.54 Å². The van der Waals surface area contributed by atoms with E-state index in [1.54, 1.807) is 0 Å². The van der Waals surface area contributed by atoms with Gasteiger partial charge in [0.15, 0.2) is 0 Å². The van der Waals surface area contributed by atoms with Gasteiger partial charge in [-0.15, -0.1) is 0 Å². The van der Waals surface area contributed by atoms with Crippen LogP contribution >= 0.6 is 0 Å². The molecular formula is C13H22N2O. The van der Waals surface area contributed by atoms with Gasteiger partial charge in [-0.25, -0.2) is 0 Å². The summed E-state index contributed by atoms with van der Waals surface area (Å²) in [5.41, 5.74) is -0.524. The Hall–Kier alpha value is -1.04. The molecule has 0 bridgehead atoms. The summed E-state index contributed by atoms with van der Waals surface area (Å²) in [4.78, 5) is 11.9. The van der Waals surface area contributed by atoms with E-state index in [0.29, 0.717) is 12.5 Å². The smallest absolute Gasteiger partial charge is 0.240 e. The Balaban J connectivity index is 2.45. The molecule has 1 unspecified atom stereocenters. The number of hydrogen-bond donors (Lipinski definition) is 1. The van der Waals surface area contributed by atoms with E-state index in [9.17, 15) is 4.79 Å². The van der Waals surface area contributed by atoms with Crippen LogP contribution in [-0.2, 0) is 4.79 Å². The van der Waals surface area contributed by atoms with Crippen LogP contribution in [0.15, 0.2) is 0 Å². The molecule has 3 nitrogen and oxygen atoms in total. The third kappa shape index (κ3) is 2.55. The first-order valence-electron chi connectivity index (χ1n) is 6.01. The van der Waals surface area contributed by atoms with Crippen molar-refractivity contribution in [3.63, 3.8) is 0 Å². The minimum Gasteiger partial charge on any atom is -0.354 e. The normalized spacial score (nSPS) is 20.4. The first-order valence-corrected chi connectivity index (χ1v) is 6.01. The van der Waals surface area contributed by atoms with Gasteiger partial charge in [-0.2, -0.15) is 5.26 Å². The summed E-state index contributed by atoms with van der Waals surface area (Å²) in [6, 6.07) is 2.17. The lowest BCUT2D eigenvalue weighted by Gasteiger charge is -2.35. The summed E-state index contributed by atoms with van der Waals surface area (Å²) in [6.45, 7) is 9.26. The van der Waals surface area contributed by atoms with E-state index in [4.69, 9.17) is 5.26 Å². The van der Waals surface area contributed by atoms with Crippen LogP contribution in [0.4, 0.5) is 0 Å². The van der Waals surface area contributed by atoms with E-state index < -0.39 is 5.41 Å². The first kappa shape index (κ1) is 13.0. The number of nitrogens with zero attached hydrogens (tertiary/aromatic N) is 1. The molecule has 0 heterocycles. The summed E-state index contributed by atoms with van der Waals surface area (Å²) in [5, 5.41) is 11.9. The fourth-order valence-electron chi connectivity index (χ4n) is 1.64. The lowest BCUT2D eigenvalue weighted by atomic mass is 9.69. The maximum atomic E-state index is 11.9. The second-order valence-electron chi connectivity index (χ2n) is 6.02.